The number of hydrogen-bond donors (Lipinski definition) is 3. The van der Waals surface area contributed by atoms with E-state index >= 15 is 0 Å². The molecule has 0 radical (unpaired) electrons. The monoisotopic (exact) mass is 237 g/mol. The number of benzene rings is 1. The van der Waals surface area contributed by atoms with E-state index < -0.39 is 24.2 Å². The number of carbonyl (C=O) groups excluding carboxylic acids is 1. The van der Waals surface area contributed by atoms with E-state index in [1.165, 1.54) is 0 Å². The summed E-state index contributed by atoms with van der Waals surface area (Å²) in [7, 11) is 0. The molecule has 1 aromatic carbocycles. The molecule has 0 aromatic heterocycles. The van der Waals surface area contributed by atoms with Gasteiger partial charge in [-0.1, -0.05) is 30.3 Å². The molecule has 0 saturated carbocycles. The van der Waals surface area contributed by atoms with Gasteiger partial charge in [-0.25, -0.2) is 14.5 Å². The molecule has 1 rings (SSSR count). The van der Waals surface area contributed by atoms with Gasteiger partial charge < -0.3 is 16.6 Å². The Bertz CT molecular complexity index is 392. The molecule has 0 aliphatic heterocycles. The minimum Gasteiger partial charge on any atom is -0.465 e. The first-order chi connectivity index (χ1) is 7.95. The Kier molecular flexibility index (Phi) is 4.06. The first-order valence-electron chi connectivity index (χ1n) is 5.07. The van der Waals surface area contributed by atoms with Gasteiger partial charge in [-0.15, -0.1) is 0 Å². The third-order valence-electron chi connectivity index (χ3n) is 2.36. The van der Waals surface area contributed by atoms with Crippen molar-refractivity contribution >= 4 is 12.1 Å². The van der Waals surface area contributed by atoms with Crippen LogP contribution >= 0.6 is 0 Å². The van der Waals surface area contributed by atoms with E-state index in [4.69, 9.17) is 16.6 Å². The molecule has 0 fully saturated rings. The van der Waals surface area contributed by atoms with Gasteiger partial charge in [0, 0.05) is 6.04 Å². The fourth-order valence-electron chi connectivity index (χ4n) is 1.69. The third-order valence-corrected chi connectivity index (χ3v) is 2.36. The van der Waals surface area contributed by atoms with Crippen molar-refractivity contribution in [2.75, 3.05) is 0 Å². The smallest absolute Gasteiger partial charge is 0.416 e. The second-order valence-corrected chi connectivity index (χ2v) is 3.71. The molecule has 0 aliphatic carbocycles. The van der Waals surface area contributed by atoms with Crippen molar-refractivity contribution in [3.63, 3.8) is 0 Å². The summed E-state index contributed by atoms with van der Waals surface area (Å²) in [6, 6.07) is 6.30. The zero-order valence-corrected chi connectivity index (χ0v) is 9.41. The van der Waals surface area contributed by atoms with Crippen LogP contribution in [-0.4, -0.2) is 28.2 Å². The van der Waals surface area contributed by atoms with Gasteiger partial charge in [0.1, 0.15) is 0 Å². The number of nitrogens with two attached hydrogens (primary N) is 2. The highest BCUT2D eigenvalue weighted by molar-refractivity contribution is 5.89. The SMILES string of the molecule is CC(N)C(c1ccccc1)N(C(N)=O)C(=O)O. The Morgan fingerprint density at radius 1 is 1.29 bits per heavy atom. The van der Waals surface area contributed by atoms with E-state index in [-0.39, 0.29) is 0 Å². The van der Waals surface area contributed by atoms with Gasteiger partial charge in [0.15, 0.2) is 0 Å². The normalized spacial score (nSPS) is 13.8. The van der Waals surface area contributed by atoms with Crippen molar-refractivity contribution in [3.8, 4) is 0 Å². The highest BCUT2D eigenvalue weighted by Gasteiger charge is 2.31. The highest BCUT2D eigenvalue weighted by Crippen LogP contribution is 2.23. The van der Waals surface area contributed by atoms with Crippen LogP contribution in [0.2, 0.25) is 0 Å². The van der Waals surface area contributed by atoms with E-state index in [0.29, 0.717) is 10.5 Å². The van der Waals surface area contributed by atoms with Crippen LogP contribution in [0.25, 0.3) is 0 Å². The molecule has 0 bridgehead atoms. The van der Waals surface area contributed by atoms with Gasteiger partial charge >= 0.3 is 12.1 Å². The fourth-order valence-corrected chi connectivity index (χ4v) is 1.69. The number of amides is 3. The average molecular weight is 237 g/mol. The van der Waals surface area contributed by atoms with E-state index in [2.05, 4.69) is 0 Å². The number of imide groups is 1. The molecule has 17 heavy (non-hydrogen) atoms. The van der Waals surface area contributed by atoms with Crippen molar-refractivity contribution < 1.29 is 14.7 Å². The Morgan fingerprint density at radius 2 is 1.82 bits per heavy atom. The highest BCUT2D eigenvalue weighted by atomic mass is 16.4. The maximum Gasteiger partial charge on any atom is 0.416 e. The first-order valence-corrected chi connectivity index (χ1v) is 5.07. The zero-order valence-electron chi connectivity index (χ0n) is 9.41. The Hall–Kier alpha value is -2.08. The molecule has 2 unspecified atom stereocenters. The fraction of sp³-hybridized carbons (Fsp3) is 0.273. The lowest BCUT2D eigenvalue weighted by molar-refractivity contribution is 0.130. The summed E-state index contributed by atoms with van der Waals surface area (Å²) in [5.41, 5.74) is 11.4. The summed E-state index contributed by atoms with van der Waals surface area (Å²) in [4.78, 5) is 22.7. The number of hydrogen-bond acceptors (Lipinski definition) is 3. The van der Waals surface area contributed by atoms with Crippen molar-refractivity contribution in [1.82, 2.24) is 4.90 Å². The maximum absolute atomic E-state index is 11.2. The van der Waals surface area contributed by atoms with E-state index in [1.807, 2.05) is 0 Å². The number of carboxylic acid groups (broad SMARTS) is 1. The lowest BCUT2D eigenvalue weighted by Gasteiger charge is -2.29. The molecule has 2 atom stereocenters. The quantitative estimate of drug-likeness (QED) is 0.731. The molecule has 0 aliphatic rings. The second kappa shape index (κ2) is 5.31. The number of nitrogens with zero attached hydrogens (tertiary/aromatic N) is 1. The van der Waals surface area contributed by atoms with Gasteiger partial charge in [0.05, 0.1) is 6.04 Å². The Labute approximate surface area is 98.8 Å². The van der Waals surface area contributed by atoms with E-state index in [1.54, 1.807) is 37.3 Å². The lowest BCUT2D eigenvalue weighted by Crippen LogP contribution is -2.48. The Morgan fingerprint density at radius 3 is 2.18 bits per heavy atom. The zero-order chi connectivity index (χ0) is 13.0. The van der Waals surface area contributed by atoms with Crippen LogP contribution in [0.4, 0.5) is 9.59 Å². The molecule has 1 aromatic rings. The molecule has 6 heteroatoms. The van der Waals surface area contributed by atoms with Gasteiger partial charge in [0.25, 0.3) is 0 Å². The molecule has 5 N–H and O–H groups in total. The van der Waals surface area contributed by atoms with Crippen LogP contribution < -0.4 is 11.5 Å². The predicted molar refractivity (Wildman–Crippen MR) is 62.3 cm³/mol. The first kappa shape index (κ1) is 13.0. The van der Waals surface area contributed by atoms with Crippen molar-refractivity contribution in [1.29, 1.82) is 0 Å². The molecular formula is C11H15N3O3. The van der Waals surface area contributed by atoms with Crippen LogP contribution in [0.5, 0.6) is 0 Å². The van der Waals surface area contributed by atoms with Crippen LogP contribution in [0.15, 0.2) is 30.3 Å². The maximum atomic E-state index is 11.2. The van der Waals surface area contributed by atoms with Crippen LogP contribution in [0.1, 0.15) is 18.5 Å². The van der Waals surface area contributed by atoms with Gasteiger partial charge in [-0.2, -0.15) is 0 Å². The number of rotatable bonds is 3. The standard InChI is InChI=1S/C11H15N3O3/c1-7(12)9(8-5-3-2-4-6-8)14(10(13)15)11(16)17/h2-7,9H,12H2,1H3,(H2,13,15)(H,16,17). The van der Waals surface area contributed by atoms with E-state index in [0.717, 1.165) is 0 Å². The van der Waals surface area contributed by atoms with Gasteiger partial charge in [-0.3, -0.25) is 0 Å². The minimum absolute atomic E-state index is 0.542. The summed E-state index contributed by atoms with van der Waals surface area (Å²) >= 11 is 0. The number of urea groups is 1. The summed E-state index contributed by atoms with van der Waals surface area (Å²) in [6.07, 6.45) is -1.41. The molecule has 0 heterocycles. The largest absolute Gasteiger partial charge is 0.465 e. The predicted octanol–water partition coefficient (Wildman–Crippen LogP) is 1.13. The molecule has 92 valence electrons. The van der Waals surface area contributed by atoms with Crippen molar-refractivity contribution in [2.45, 2.75) is 19.0 Å². The molecule has 0 saturated heterocycles. The average Bonchev–Trinajstić information content (AvgIpc) is 2.25. The van der Waals surface area contributed by atoms with Crippen LogP contribution in [-0.2, 0) is 0 Å². The molecule has 0 spiro atoms. The van der Waals surface area contributed by atoms with Gasteiger partial charge in [0.2, 0.25) is 0 Å². The topological polar surface area (TPSA) is 110 Å². The molecule has 3 amide bonds. The van der Waals surface area contributed by atoms with Gasteiger partial charge in [-0.05, 0) is 12.5 Å². The number of primary amides is 1. The molecule has 6 nitrogen and oxygen atoms in total. The second-order valence-electron chi connectivity index (χ2n) is 3.71. The van der Waals surface area contributed by atoms with E-state index in [9.17, 15) is 9.59 Å². The summed E-state index contributed by atoms with van der Waals surface area (Å²) < 4.78 is 0. The summed E-state index contributed by atoms with van der Waals surface area (Å²) in [5, 5.41) is 8.99. The third kappa shape index (κ3) is 2.94. The van der Waals surface area contributed by atoms with Crippen molar-refractivity contribution in [3.05, 3.63) is 35.9 Å². The van der Waals surface area contributed by atoms with Crippen LogP contribution in [0, 0.1) is 0 Å². The summed E-state index contributed by atoms with van der Waals surface area (Å²) in [5.74, 6) is 0. The minimum atomic E-state index is -1.41. The number of carbonyl (C=O) groups is 2. The molecular weight excluding hydrogens is 222 g/mol. The van der Waals surface area contributed by atoms with Crippen molar-refractivity contribution in [2.24, 2.45) is 11.5 Å². The Balaban J connectivity index is 3.17. The lowest BCUT2D eigenvalue weighted by atomic mass is 10.00. The summed E-state index contributed by atoms with van der Waals surface area (Å²) in [6.45, 7) is 1.62. The van der Waals surface area contributed by atoms with Crippen LogP contribution in [0.3, 0.4) is 0 Å².